The van der Waals surface area contributed by atoms with Crippen LogP contribution in [0.5, 0.6) is 0 Å². The molecule has 0 fully saturated rings. The lowest BCUT2D eigenvalue weighted by atomic mass is 10.2. The van der Waals surface area contributed by atoms with Crippen LogP contribution in [0.4, 0.5) is 4.39 Å². The summed E-state index contributed by atoms with van der Waals surface area (Å²) in [7, 11) is 0. The van der Waals surface area contributed by atoms with E-state index < -0.39 is 5.82 Å². The Morgan fingerprint density at radius 1 is 1.06 bits per heavy atom. The first kappa shape index (κ1) is 9.03. The molecule has 3 rings (SSSR count). The molecule has 0 saturated carbocycles. The Kier molecular flexibility index (Phi) is 1.93. The number of nitrogens with one attached hydrogen (secondary N) is 1. The lowest BCUT2D eigenvalue weighted by Gasteiger charge is -1.94. The zero-order valence-electron chi connectivity index (χ0n) is 8.31. The van der Waals surface area contributed by atoms with E-state index in [0.29, 0.717) is 5.82 Å². The molecule has 2 heterocycles. The smallest absolute Gasteiger partial charge is 0.176 e. The lowest BCUT2D eigenvalue weighted by molar-refractivity contribution is 0.614. The summed E-state index contributed by atoms with van der Waals surface area (Å²) in [5, 5.41) is 1.09. The second-order valence-corrected chi connectivity index (χ2v) is 3.50. The molecule has 78 valence electrons. The van der Waals surface area contributed by atoms with E-state index >= 15 is 0 Å². The summed E-state index contributed by atoms with van der Waals surface area (Å²) in [6.45, 7) is 0. The minimum absolute atomic E-state index is 0.431. The molecule has 0 atom stereocenters. The summed E-state index contributed by atoms with van der Waals surface area (Å²) in [5.74, 6) is 0.0671. The van der Waals surface area contributed by atoms with Gasteiger partial charge in [0.25, 0.3) is 0 Å². The van der Waals surface area contributed by atoms with E-state index in [4.69, 9.17) is 0 Å². The molecule has 0 radical (unpaired) electrons. The minimum atomic E-state index is -0.431. The molecule has 1 N–H and O–H groups in total. The van der Waals surface area contributed by atoms with Crippen LogP contribution in [-0.2, 0) is 0 Å². The number of aromatic amines is 1. The van der Waals surface area contributed by atoms with Gasteiger partial charge in [0.15, 0.2) is 11.6 Å². The maximum Gasteiger partial charge on any atom is 0.176 e. The molecule has 0 unspecified atom stereocenters. The molecule has 16 heavy (non-hydrogen) atoms. The molecule has 2 aromatic heterocycles. The summed E-state index contributed by atoms with van der Waals surface area (Å²) < 4.78 is 12.7. The number of aromatic nitrogens is 3. The van der Waals surface area contributed by atoms with E-state index in [1.54, 1.807) is 0 Å². The zero-order valence-corrected chi connectivity index (χ0v) is 8.31. The summed E-state index contributed by atoms with van der Waals surface area (Å²) in [5.41, 5.74) is 1.81. The van der Waals surface area contributed by atoms with Crippen molar-refractivity contribution < 1.29 is 4.39 Å². The van der Waals surface area contributed by atoms with Crippen molar-refractivity contribution in [1.29, 1.82) is 0 Å². The van der Waals surface area contributed by atoms with Crippen molar-refractivity contribution in [1.82, 2.24) is 15.0 Å². The van der Waals surface area contributed by atoms with Crippen LogP contribution in [0.1, 0.15) is 0 Å². The summed E-state index contributed by atoms with van der Waals surface area (Å²) in [4.78, 5) is 11.0. The van der Waals surface area contributed by atoms with Crippen molar-refractivity contribution in [2.24, 2.45) is 0 Å². The van der Waals surface area contributed by atoms with Crippen LogP contribution in [-0.4, -0.2) is 15.0 Å². The van der Waals surface area contributed by atoms with E-state index in [2.05, 4.69) is 15.0 Å². The van der Waals surface area contributed by atoms with E-state index in [9.17, 15) is 4.39 Å². The van der Waals surface area contributed by atoms with Crippen LogP contribution in [0.25, 0.3) is 22.4 Å². The molecule has 0 saturated heterocycles. The first-order chi connectivity index (χ1) is 7.83. The van der Waals surface area contributed by atoms with Crippen molar-refractivity contribution in [3.8, 4) is 11.5 Å². The van der Waals surface area contributed by atoms with Gasteiger partial charge in [-0.2, -0.15) is 0 Å². The van der Waals surface area contributed by atoms with Gasteiger partial charge in [-0.3, -0.25) is 0 Å². The number of nitrogens with zero attached hydrogens (tertiary/aromatic N) is 2. The number of rotatable bonds is 1. The van der Waals surface area contributed by atoms with Gasteiger partial charge in [-0.15, -0.1) is 0 Å². The molecular formula is C12H8FN3. The fourth-order valence-corrected chi connectivity index (χ4v) is 1.65. The number of fused-ring (bicyclic) bond motifs is 1. The summed E-state index contributed by atoms with van der Waals surface area (Å²) in [6, 6.07) is 9.84. The Labute approximate surface area is 91.0 Å². The van der Waals surface area contributed by atoms with Crippen molar-refractivity contribution >= 4 is 10.9 Å². The minimum Gasteiger partial charge on any atom is -0.352 e. The summed E-state index contributed by atoms with van der Waals surface area (Å²) in [6.07, 6.45) is 2.32. The number of halogens is 1. The molecular weight excluding hydrogens is 205 g/mol. The SMILES string of the molecule is Fc1cnc(-c2cc3ccccc3[nH]2)nc1. The van der Waals surface area contributed by atoms with Crippen molar-refractivity contribution in [2.45, 2.75) is 0 Å². The van der Waals surface area contributed by atoms with Gasteiger partial charge in [0.2, 0.25) is 0 Å². The third-order valence-electron chi connectivity index (χ3n) is 2.39. The monoisotopic (exact) mass is 213 g/mol. The molecule has 3 nitrogen and oxygen atoms in total. The fourth-order valence-electron chi connectivity index (χ4n) is 1.65. The van der Waals surface area contributed by atoms with Gasteiger partial charge in [-0.05, 0) is 12.1 Å². The summed E-state index contributed by atoms with van der Waals surface area (Å²) >= 11 is 0. The average molecular weight is 213 g/mol. The molecule has 0 spiro atoms. The van der Waals surface area contributed by atoms with Gasteiger partial charge in [-0.25, -0.2) is 14.4 Å². The number of hydrogen-bond acceptors (Lipinski definition) is 2. The Morgan fingerprint density at radius 2 is 1.81 bits per heavy atom. The van der Waals surface area contributed by atoms with Gasteiger partial charge >= 0.3 is 0 Å². The number of benzene rings is 1. The highest BCUT2D eigenvalue weighted by Gasteiger charge is 2.05. The van der Waals surface area contributed by atoms with Gasteiger partial charge in [0.05, 0.1) is 18.1 Å². The zero-order chi connectivity index (χ0) is 11.0. The largest absolute Gasteiger partial charge is 0.352 e. The van der Waals surface area contributed by atoms with Crippen LogP contribution in [0.2, 0.25) is 0 Å². The molecule has 0 aliphatic rings. The van der Waals surface area contributed by atoms with Gasteiger partial charge < -0.3 is 4.98 Å². The van der Waals surface area contributed by atoms with E-state index in [-0.39, 0.29) is 0 Å². The lowest BCUT2D eigenvalue weighted by Crippen LogP contribution is -1.89. The topological polar surface area (TPSA) is 41.6 Å². The highest BCUT2D eigenvalue weighted by molar-refractivity contribution is 5.84. The first-order valence-corrected chi connectivity index (χ1v) is 4.88. The van der Waals surface area contributed by atoms with Gasteiger partial charge in [-0.1, -0.05) is 18.2 Å². The molecule has 4 heteroatoms. The average Bonchev–Trinajstić information content (AvgIpc) is 2.73. The van der Waals surface area contributed by atoms with Crippen molar-refractivity contribution in [3.05, 3.63) is 48.5 Å². The highest BCUT2D eigenvalue weighted by Crippen LogP contribution is 2.20. The van der Waals surface area contributed by atoms with Crippen molar-refractivity contribution in [3.63, 3.8) is 0 Å². The quantitative estimate of drug-likeness (QED) is 0.675. The third-order valence-corrected chi connectivity index (χ3v) is 2.39. The predicted molar refractivity (Wildman–Crippen MR) is 59.3 cm³/mol. The molecule has 0 bridgehead atoms. The second-order valence-electron chi connectivity index (χ2n) is 3.50. The molecule has 3 aromatic rings. The van der Waals surface area contributed by atoms with E-state index in [0.717, 1.165) is 29.0 Å². The molecule has 0 aliphatic heterocycles. The van der Waals surface area contributed by atoms with Crippen LogP contribution < -0.4 is 0 Å². The highest BCUT2D eigenvalue weighted by atomic mass is 19.1. The van der Waals surface area contributed by atoms with E-state index in [1.807, 2.05) is 30.3 Å². The Balaban J connectivity index is 2.15. The molecule has 0 amide bonds. The Bertz CT molecular complexity index is 595. The number of para-hydroxylation sites is 1. The van der Waals surface area contributed by atoms with Gasteiger partial charge in [0.1, 0.15) is 0 Å². The van der Waals surface area contributed by atoms with Crippen molar-refractivity contribution in [2.75, 3.05) is 0 Å². The Morgan fingerprint density at radius 3 is 2.56 bits per heavy atom. The predicted octanol–water partition coefficient (Wildman–Crippen LogP) is 2.76. The standard InChI is InChI=1S/C12H8FN3/c13-9-6-14-12(15-7-9)11-5-8-3-1-2-4-10(8)16-11/h1-7,16H. The maximum absolute atomic E-state index is 12.7. The van der Waals surface area contributed by atoms with Crippen LogP contribution in [0.3, 0.4) is 0 Å². The molecule has 1 aromatic carbocycles. The first-order valence-electron chi connectivity index (χ1n) is 4.88. The van der Waals surface area contributed by atoms with Crippen LogP contribution in [0.15, 0.2) is 42.7 Å². The van der Waals surface area contributed by atoms with Crippen LogP contribution in [0, 0.1) is 5.82 Å². The second kappa shape index (κ2) is 3.41. The fraction of sp³-hybridized carbons (Fsp3) is 0. The van der Waals surface area contributed by atoms with Crippen LogP contribution >= 0.6 is 0 Å². The maximum atomic E-state index is 12.7. The molecule has 0 aliphatic carbocycles. The third kappa shape index (κ3) is 1.44. The van der Waals surface area contributed by atoms with E-state index in [1.165, 1.54) is 0 Å². The normalized spacial score (nSPS) is 10.8. The number of hydrogen-bond donors (Lipinski definition) is 1. The Hall–Kier alpha value is -2.23. The van der Waals surface area contributed by atoms with Gasteiger partial charge in [0, 0.05) is 10.9 Å². The number of H-pyrrole nitrogens is 1.